The van der Waals surface area contributed by atoms with E-state index in [4.69, 9.17) is 17.3 Å². The van der Waals surface area contributed by atoms with Gasteiger partial charge in [0, 0.05) is 22.8 Å². The summed E-state index contributed by atoms with van der Waals surface area (Å²) >= 11 is 7.84. The first-order valence-corrected chi connectivity index (χ1v) is 8.75. The van der Waals surface area contributed by atoms with Crippen LogP contribution in [0.3, 0.4) is 0 Å². The van der Waals surface area contributed by atoms with Crippen molar-refractivity contribution in [3.63, 3.8) is 0 Å². The average Bonchev–Trinajstić information content (AvgIpc) is 3.10. The van der Waals surface area contributed by atoms with Crippen LogP contribution >= 0.6 is 22.9 Å². The Morgan fingerprint density at radius 2 is 2.11 bits per heavy atom. The van der Waals surface area contributed by atoms with Crippen molar-refractivity contribution in [1.82, 2.24) is 4.90 Å². The van der Waals surface area contributed by atoms with Gasteiger partial charge in [-0.1, -0.05) is 24.4 Å². The van der Waals surface area contributed by atoms with Crippen molar-refractivity contribution < 1.29 is 0 Å². The van der Waals surface area contributed by atoms with Crippen molar-refractivity contribution in [1.29, 1.82) is 0 Å². The second-order valence-electron chi connectivity index (χ2n) is 5.91. The Morgan fingerprint density at radius 1 is 1.32 bits per heavy atom. The van der Waals surface area contributed by atoms with Crippen LogP contribution in [0.15, 0.2) is 11.4 Å². The first kappa shape index (κ1) is 13.9. The van der Waals surface area contributed by atoms with Crippen LogP contribution in [-0.2, 0) is 0 Å². The highest BCUT2D eigenvalue weighted by Crippen LogP contribution is 2.40. The lowest BCUT2D eigenvalue weighted by Crippen LogP contribution is -2.40. The van der Waals surface area contributed by atoms with Gasteiger partial charge in [-0.05, 0) is 44.2 Å². The fourth-order valence-corrected chi connectivity index (χ4v) is 5.18. The third kappa shape index (κ3) is 2.85. The number of hydrogen-bond donors (Lipinski definition) is 1. The highest BCUT2D eigenvalue weighted by atomic mass is 35.5. The van der Waals surface area contributed by atoms with E-state index in [9.17, 15) is 0 Å². The molecule has 2 fully saturated rings. The maximum atomic E-state index is 6.08. The maximum absolute atomic E-state index is 6.08. The van der Waals surface area contributed by atoms with Crippen LogP contribution in [0.2, 0.25) is 5.02 Å². The Labute approximate surface area is 124 Å². The fourth-order valence-electron chi connectivity index (χ4n) is 3.97. The Balaban J connectivity index is 1.77. The minimum absolute atomic E-state index is 0.380. The maximum Gasteiger partial charge on any atom is 0.0567 e. The smallest absolute Gasteiger partial charge is 0.0567 e. The monoisotopic (exact) mass is 298 g/mol. The molecule has 2 atom stereocenters. The fraction of sp³-hybridized carbons (Fsp3) is 0.733. The molecule has 3 rings (SSSR count). The summed E-state index contributed by atoms with van der Waals surface area (Å²) in [5, 5.41) is 2.88. The quantitative estimate of drug-likeness (QED) is 0.908. The van der Waals surface area contributed by atoms with Crippen LogP contribution in [0, 0.1) is 5.92 Å². The zero-order chi connectivity index (χ0) is 13.2. The van der Waals surface area contributed by atoms with Gasteiger partial charge in [-0.15, -0.1) is 11.3 Å². The SMILES string of the molecule is NCC(c1cc(Cl)cs1)N1CCCC1C1CCCC1. The van der Waals surface area contributed by atoms with E-state index in [1.807, 2.05) is 5.38 Å². The summed E-state index contributed by atoms with van der Waals surface area (Å²) < 4.78 is 0. The Kier molecular flexibility index (Phi) is 4.47. The zero-order valence-corrected chi connectivity index (χ0v) is 12.9. The summed E-state index contributed by atoms with van der Waals surface area (Å²) in [6, 6.07) is 3.25. The molecule has 19 heavy (non-hydrogen) atoms. The minimum atomic E-state index is 0.380. The standard InChI is InChI=1S/C15H23ClN2S/c16-12-8-15(19-10-12)14(9-17)18-7-3-6-13(18)11-4-1-2-5-11/h8,10-11,13-14H,1-7,9,17H2. The lowest BCUT2D eigenvalue weighted by molar-refractivity contribution is 0.140. The highest BCUT2D eigenvalue weighted by molar-refractivity contribution is 7.10. The summed E-state index contributed by atoms with van der Waals surface area (Å²) in [5.41, 5.74) is 6.08. The molecule has 106 valence electrons. The van der Waals surface area contributed by atoms with Gasteiger partial charge < -0.3 is 5.73 Å². The van der Waals surface area contributed by atoms with E-state index in [-0.39, 0.29) is 0 Å². The van der Waals surface area contributed by atoms with Gasteiger partial charge in [-0.3, -0.25) is 4.90 Å². The van der Waals surface area contributed by atoms with Gasteiger partial charge in [-0.25, -0.2) is 0 Å². The summed E-state index contributed by atoms with van der Waals surface area (Å²) in [6.45, 7) is 1.92. The number of halogens is 1. The van der Waals surface area contributed by atoms with Gasteiger partial charge in [0.1, 0.15) is 0 Å². The number of nitrogens with zero attached hydrogens (tertiary/aromatic N) is 1. The second kappa shape index (κ2) is 6.13. The van der Waals surface area contributed by atoms with E-state index >= 15 is 0 Å². The molecule has 0 aromatic carbocycles. The predicted molar refractivity (Wildman–Crippen MR) is 82.8 cm³/mol. The molecule has 0 spiro atoms. The van der Waals surface area contributed by atoms with Crippen LogP contribution < -0.4 is 5.73 Å². The van der Waals surface area contributed by atoms with Gasteiger partial charge in [0.25, 0.3) is 0 Å². The molecule has 1 saturated carbocycles. The average molecular weight is 299 g/mol. The topological polar surface area (TPSA) is 29.3 Å². The predicted octanol–water partition coefficient (Wildman–Crippen LogP) is 4.06. The Morgan fingerprint density at radius 3 is 2.74 bits per heavy atom. The van der Waals surface area contributed by atoms with E-state index in [1.54, 1.807) is 11.3 Å². The zero-order valence-electron chi connectivity index (χ0n) is 11.4. The van der Waals surface area contributed by atoms with E-state index < -0.39 is 0 Å². The van der Waals surface area contributed by atoms with Crippen molar-refractivity contribution in [2.75, 3.05) is 13.1 Å². The molecule has 0 bridgehead atoms. The molecule has 1 saturated heterocycles. The molecule has 2 aliphatic rings. The minimum Gasteiger partial charge on any atom is -0.329 e. The molecule has 1 aliphatic carbocycles. The Bertz CT molecular complexity index is 414. The first-order valence-electron chi connectivity index (χ1n) is 7.49. The van der Waals surface area contributed by atoms with Crippen LogP contribution in [0.25, 0.3) is 0 Å². The van der Waals surface area contributed by atoms with Gasteiger partial charge in [0.2, 0.25) is 0 Å². The van der Waals surface area contributed by atoms with E-state index in [1.165, 1.54) is 49.9 Å². The van der Waals surface area contributed by atoms with Crippen molar-refractivity contribution in [2.45, 2.75) is 50.6 Å². The van der Waals surface area contributed by atoms with Gasteiger partial charge in [0.15, 0.2) is 0 Å². The molecular weight excluding hydrogens is 276 g/mol. The van der Waals surface area contributed by atoms with E-state index in [0.717, 1.165) is 17.0 Å². The summed E-state index contributed by atoms with van der Waals surface area (Å²) in [4.78, 5) is 4.02. The Hall–Kier alpha value is -0.0900. The molecule has 1 aromatic heterocycles. The van der Waals surface area contributed by atoms with Crippen LogP contribution in [-0.4, -0.2) is 24.0 Å². The molecule has 2 N–H and O–H groups in total. The number of hydrogen-bond acceptors (Lipinski definition) is 3. The summed E-state index contributed by atoms with van der Waals surface area (Å²) in [6.07, 6.45) is 8.38. The number of rotatable bonds is 4. The lowest BCUT2D eigenvalue weighted by Gasteiger charge is -2.35. The van der Waals surface area contributed by atoms with Crippen LogP contribution in [0.1, 0.15) is 49.4 Å². The summed E-state index contributed by atoms with van der Waals surface area (Å²) in [7, 11) is 0. The second-order valence-corrected chi connectivity index (χ2v) is 7.29. The first-order chi connectivity index (χ1) is 9.29. The van der Waals surface area contributed by atoms with Gasteiger partial charge >= 0.3 is 0 Å². The van der Waals surface area contributed by atoms with Gasteiger partial charge in [0.05, 0.1) is 11.1 Å². The molecule has 2 unspecified atom stereocenters. The molecule has 4 heteroatoms. The molecular formula is C15H23ClN2S. The molecule has 0 amide bonds. The number of likely N-dealkylation sites (tertiary alicyclic amines) is 1. The molecule has 2 nitrogen and oxygen atoms in total. The van der Waals surface area contributed by atoms with Crippen molar-refractivity contribution in [2.24, 2.45) is 11.7 Å². The van der Waals surface area contributed by atoms with Crippen LogP contribution in [0.4, 0.5) is 0 Å². The van der Waals surface area contributed by atoms with E-state index in [0.29, 0.717) is 12.6 Å². The van der Waals surface area contributed by atoms with Gasteiger partial charge in [-0.2, -0.15) is 0 Å². The molecule has 2 heterocycles. The molecule has 1 aliphatic heterocycles. The number of thiophene rings is 1. The molecule has 0 radical (unpaired) electrons. The van der Waals surface area contributed by atoms with Crippen molar-refractivity contribution in [3.8, 4) is 0 Å². The molecule has 1 aromatic rings. The highest BCUT2D eigenvalue weighted by Gasteiger charge is 2.37. The van der Waals surface area contributed by atoms with E-state index in [2.05, 4.69) is 11.0 Å². The summed E-state index contributed by atoms with van der Waals surface area (Å²) in [5.74, 6) is 0.909. The normalized spacial score (nSPS) is 27.2. The third-order valence-corrected chi connectivity index (χ3v) is 6.21. The van der Waals surface area contributed by atoms with Crippen molar-refractivity contribution >= 4 is 22.9 Å². The number of nitrogens with two attached hydrogens (primary N) is 1. The van der Waals surface area contributed by atoms with Crippen molar-refractivity contribution in [3.05, 3.63) is 21.3 Å². The lowest BCUT2D eigenvalue weighted by atomic mass is 9.95. The third-order valence-electron chi connectivity index (χ3n) is 4.83. The largest absolute Gasteiger partial charge is 0.329 e. The van der Waals surface area contributed by atoms with Crippen LogP contribution in [0.5, 0.6) is 0 Å².